The summed E-state index contributed by atoms with van der Waals surface area (Å²) in [4.78, 5) is 0. The number of hydrogen-bond acceptors (Lipinski definition) is 0. The van der Waals surface area contributed by atoms with Gasteiger partial charge in [-0.2, -0.15) is 0 Å². The smallest absolute Gasteiger partial charge is 0.180 e. The highest BCUT2D eigenvalue weighted by molar-refractivity contribution is 7.20. The van der Waals surface area contributed by atoms with Gasteiger partial charge in [-0.15, -0.1) is 0 Å². The minimum atomic E-state index is -3.01. The summed E-state index contributed by atoms with van der Waals surface area (Å²) in [6.45, 7) is 0. The SMILES string of the molecule is c1ccc(-c2ccc(-n3c4ccccc4c4cccc(-n5c6ccccc6c6ccc([Si](c7ccccc7)(c7ccccc7)c7ccccc7)c(-c7ccccc7)c65)c43)cc2)cc1. The molecule has 0 saturated heterocycles. The van der Waals surface area contributed by atoms with Crippen LogP contribution in [-0.4, -0.2) is 17.2 Å². The predicted molar refractivity (Wildman–Crippen MR) is 270 cm³/mol. The van der Waals surface area contributed by atoms with Crippen LogP contribution in [0, 0.1) is 0 Å². The summed E-state index contributed by atoms with van der Waals surface area (Å²) in [5.41, 5.74) is 11.9. The van der Waals surface area contributed by atoms with Crippen LogP contribution >= 0.6 is 0 Å². The zero-order chi connectivity index (χ0) is 41.7. The van der Waals surface area contributed by atoms with Gasteiger partial charge in [0.05, 0.1) is 27.8 Å². The Morgan fingerprint density at radius 2 is 0.698 bits per heavy atom. The third-order valence-corrected chi connectivity index (χ3v) is 17.9. The van der Waals surface area contributed by atoms with Crippen molar-refractivity contribution in [1.29, 1.82) is 0 Å². The van der Waals surface area contributed by atoms with Crippen molar-refractivity contribution in [1.82, 2.24) is 9.13 Å². The highest BCUT2D eigenvalue weighted by atomic mass is 28.3. The van der Waals surface area contributed by atoms with Crippen LogP contribution in [0.4, 0.5) is 0 Å². The lowest BCUT2D eigenvalue weighted by atomic mass is 10.0. The molecule has 0 aliphatic heterocycles. The van der Waals surface area contributed by atoms with Crippen molar-refractivity contribution >= 4 is 72.4 Å². The maximum Gasteiger partial charge on any atom is 0.180 e. The quantitative estimate of drug-likeness (QED) is 0.107. The number of nitrogens with zero attached hydrogens (tertiary/aromatic N) is 2. The Balaban J connectivity index is 1.25. The summed E-state index contributed by atoms with van der Waals surface area (Å²) >= 11 is 0. The molecular formula is C60H42N2Si. The summed E-state index contributed by atoms with van der Waals surface area (Å²) in [7, 11) is -3.01. The normalized spacial score (nSPS) is 11.8. The number of rotatable bonds is 8. The van der Waals surface area contributed by atoms with Gasteiger partial charge in [0.1, 0.15) is 0 Å². The molecule has 0 atom stereocenters. The van der Waals surface area contributed by atoms with Crippen LogP contribution in [0.25, 0.3) is 77.2 Å². The van der Waals surface area contributed by atoms with Gasteiger partial charge >= 0.3 is 0 Å². The molecule has 0 bridgehead atoms. The van der Waals surface area contributed by atoms with Gasteiger partial charge in [-0.3, -0.25) is 0 Å². The molecule has 296 valence electrons. The van der Waals surface area contributed by atoms with Crippen molar-refractivity contribution in [3.8, 4) is 33.6 Å². The van der Waals surface area contributed by atoms with Crippen LogP contribution in [0.3, 0.4) is 0 Å². The summed E-state index contributed by atoms with van der Waals surface area (Å²) in [5.74, 6) is 0. The van der Waals surface area contributed by atoms with Crippen molar-refractivity contribution in [3.05, 3.63) is 255 Å². The lowest BCUT2D eigenvalue weighted by molar-refractivity contribution is 1.13. The van der Waals surface area contributed by atoms with E-state index >= 15 is 0 Å². The van der Waals surface area contributed by atoms with E-state index in [0.29, 0.717) is 0 Å². The Labute approximate surface area is 368 Å². The van der Waals surface area contributed by atoms with Crippen molar-refractivity contribution < 1.29 is 0 Å². The molecule has 12 aromatic rings. The summed E-state index contributed by atoms with van der Waals surface area (Å²) < 4.78 is 5.07. The molecule has 63 heavy (non-hydrogen) atoms. The monoisotopic (exact) mass is 818 g/mol. The third-order valence-electron chi connectivity index (χ3n) is 13.1. The molecule has 0 aliphatic carbocycles. The van der Waals surface area contributed by atoms with E-state index in [0.717, 1.165) is 11.4 Å². The molecule has 3 heteroatoms. The van der Waals surface area contributed by atoms with Gasteiger partial charge in [-0.05, 0) is 67.8 Å². The van der Waals surface area contributed by atoms with E-state index in [4.69, 9.17) is 0 Å². The molecule has 0 N–H and O–H groups in total. The highest BCUT2D eigenvalue weighted by Gasteiger charge is 2.44. The number of hydrogen-bond donors (Lipinski definition) is 0. The standard InChI is InChI=1S/C60H42N2Si/c1-6-21-43(22-7-1)44-37-39-46(40-38-44)61-54-34-18-16-31-50(54)52-33-20-36-56(59(52)61)62-55-35-19-17-32-51(55)53-41-42-57(58(60(53)62)45-23-8-2-9-24-45)63(47-25-10-3-11-26-47,48-27-12-4-13-28-48)49-29-14-5-15-30-49/h1-42H. The van der Waals surface area contributed by atoms with Crippen LogP contribution in [0.15, 0.2) is 255 Å². The minimum absolute atomic E-state index is 1.13. The van der Waals surface area contributed by atoms with Gasteiger partial charge in [0, 0.05) is 32.8 Å². The molecule has 2 nitrogen and oxygen atoms in total. The zero-order valence-electron chi connectivity index (χ0n) is 34.6. The third kappa shape index (κ3) is 5.78. The van der Waals surface area contributed by atoms with Gasteiger partial charge in [0.15, 0.2) is 8.07 Å². The molecule has 0 fully saturated rings. The molecule has 0 radical (unpaired) electrons. The second kappa shape index (κ2) is 15.2. The maximum atomic E-state index is 2.59. The molecule has 0 spiro atoms. The van der Waals surface area contributed by atoms with E-state index in [9.17, 15) is 0 Å². The molecule has 0 aliphatic rings. The first-order valence-electron chi connectivity index (χ1n) is 21.8. The first-order chi connectivity index (χ1) is 31.3. The second-order valence-corrected chi connectivity index (χ2v) is 20.2. The molecule has 0 saturated carbocycles. The van der Waals surface area contributed by atoms with Crippen molar-refractivity contribution in [2.45, 2.75) is 0 Å². The Morgan fingerprint density at radius 1 is 0.270 bits per heavy atom. The number of aromatic nitrogens is 2. The van der Waals surface area contributed by atoms with Crippen molar-refractivity contribution in [3.63, 3.8) is 0 Å². The van der Waals surface area contributed by atoms with Crippen LogP contribution in [-0.2, 0) is 0 Å². The molecule has 0 unspecified atom stereocenters. The average Bonchev–Trinajstić information content (AvgIpc) is 3.89. The van der Waals surface area contributed by atoms with Crippen molar-refractivity contribution in [2.75, 3.05) is 0 Å². The average molecular weight is 819 g/mol. The lowest BCUT2D eigenvalue weighted by Crippen LogP contribution is -2.75. The Hall–Kier alpha value is -7.98. The van der Waals surface area contributed by atoms with Crippen molar-refractivity contribution in [2.24, 2.45) is 0 Å². The van der Waals surface area contributed by atoms with E-state index in [-0.39, 0.29) is 0 Å². The Morgan fingerprint density at radius 3 is 1.25 bits per heavy atom. The van der Waals surface area contributed by atoms with Gasteiger partial charge in [0.25, 0.3) is 0 Å². The van der Waals surface area contributed by atoms with Gasteiger partial charge in [-0.1, -0.05) is 224 Å². The van der Waals surface area contributed by atoms with Crippen LogP contribution < -0.4 is 20.7 Å². The Bertz CT molecular complexity index is 3480. The van der Waals surface area contributed by atoms with E-state index < -0.39 is 8.07 Å². The largest absolute Gasteiger partial charge is 0.307 e. The van der Waals surface area contributed by atoms with Crippen LogP contribution in [0.5, 0.6) is 0 Å². The second-order valence-electron chi connectivity index (χ2n) is 16.4. The molecule has 10 aromatic carbocycles. The molecule has 0 amide bonds. The van der Waals surface area contributed by atoms with Crippen LogP contribution in [0.2, 0.25) is 0 Å². The van der Waals surface area contributed by atoms with Gasteiger partial charge in [0.2, 0.25) is 0 Å². The first-order valence-corrected chi connectivity index (χ1v) is 23.8. The summed E-state index contributed by atoms with van der Waals surface area (Å²) in [6, 6.07) is 94.4. The van der Waals surface area contributed by atoms with Gasteiger partial charge in [-0.25, -0.2) is 0 Å². The molecule has 2 aromatic heterocycles. The number of fused-ring (bicyclic) bond motifs is 6. The molecule has 2 heterocycles. The first kappa shape index (κ1) is 36.8. The number of benzene rings is 10. The summed E-state index contributed by atoms with van der Waals surface area (Å²) in [5, 5.41) is 10.3. The molecular weight excluding hydrogens is 777 g/mol. The zero-order valence-corrected chi connectivity index (χ0v) is 35.6. The fraction of sp³-hybridized carbons (Fsp3) is 0. The van der Waals surface area contributed by atoms with E-state index in [1.165, 1.54) is 86.6 Å². The van der Waals surface area contributed by atoms with E-state index in [2.05, 4.69) is 264 Å². The fourth-order valence-corrected chi connectivity index (χ4v) is 15.4. The number of para-hydroxylation sites is 3. The summed E-state index contributed by atoms with van der Waals surface area (Å²) in [6.07, 6.45) is 0. The lowest BCUT2D eigenvalue weighted by Gasteiger charge is -2.36. The predicted octanol–water partition coefficient (Wildman–Crippen LogP) is 12.6. The maximum absolute atomic E-state index is 3.01. The Kier molecular flexibility index (Phi) is 8.87. The van der Waals surface area contributed by atoms with Gasteiger partial charge < -0.3 is 9.13 Å². The topological polar surface area (TPSA) is 9.86 Å². The van der Waals surface area contributed by atoms with E-state index in [1.807, 2.05) is 0 Å². The van der Waals surface area contributed by atoms with E-state index in [1.54, 1.807) is 0 Å². The fourth-order valence-electron chi connectivity index (χ4n) is 10.4. The molecule has 12 rings (SSSR count). The minimum Gasteiger partial charge on any atom is -0.307 e. The highest BCUT2D eigenvalue weighted by Crippen LogP contribution is 2.42. The van der Waals surface area contributed by atoms with Crippen LogP contribution in [0.1, 0.15) is 0 Å².